The van der Waals surface area contributed by atoms with Crippen molar-refractivity contribution in [3.8, 4) is 11.5 Å². The number of hydrogen-bond acceptors (Lipinski definition) is 2. The third-order valence-electron chi connectivity index (χ3n) is 2.64. The van der Waals surface area contributed by atoms with Gasteiger partial charge < -0.3 is 9.47 Å². The normalized spacial score (nSPS) is 11.3. The number of alkyl halides is 6. The lowest BCUT2D eigenvalue weighted by atomic mass is 10.2. The highest BCUT2D eigenvalue weighted by atomic mass is 19.4. The second-order valence-electron chi connectivity index (χ2n) is 4.63. The summed E-state index contributed by atoms with van der Waals surface area (Å²) in [7, 11) is 0. The van der Waals surface area contributed by atoms with Crippen molar-refractivity contribution in [1.29, 1.82) is 0 Å². The lowest BCUT2D eigenvalue weighted by molar-refractivity contribution is -0.275. The first-order chi connectivity index (χ1) is 11.0. The average Bonchev–Trinajstić information content (AvgIpc) is 2.42. The quantitative estimate of drug-likeness (QED) is 0.637. The van der Waals surface area contributed by atoms with Crippen LogP contribution < -0.4 is 9.47 Å². The lowest BCUT2D eigenvalue weighted by Gasteiger charge is -2.10. The molecule has 0 radical (unpaired) electrons. The molecule has 132 valence electrons. The Bertz CT molecular complexity index is 592. The minimum absolute atomic E-state index is 0.148. The standard InChI is InChI=1S/2C8H7F3O/c2*1-6-4-2-3-5-7(6)12-8(9,10)11/h2*2-5H,1H3. The molecule has 0 amide bonds. The predicted molar refractivity (Wildman–Crippen MR) is 75.7 cm³/mol. The van der Waals surface area contributed by atoms with Gasteiger partial charge in [-0.15, -0.1) is 26.3 Å². The van der Waals surface area contributed by atoms with Crippen LogP contribution in [0.1, 0.15) is 11.1 Å². The summed E-state index contributed by atoms with van der Waals surface area (Å²) in [6.07, 6.45) is -9.21. The number of aryl methyl sites for hydroxylation is 2. The zero-order valence-electron chi connectivity index (χ0n) is 12.7. The van der Waals surface area contributed by atoms with Gasteiger partial charge in [-0.3, -0.25) is 0 Å². The molecule has 0 unspecified atom stereocenters. The molecule has 0 aliphatic heterocycles. The molecule has 2 rings (SSSR count). The molecule has 8 heteroatoms. The molecule has 0 aromatic heterocycles. The number of halogens is 6. The Kier molecular flexibility index (Phi) is 6.51. The average molecular weight is 352 g/mol. The number of benzene rings is 2. The molecule has 0 saturated heterocycles. The van der Waals surface area contributed by atoms with Gasteiger partial charge in [0.05, 0.1) is 0 Å². The van der Waals surface area contributed by atoms with Crippen molar-refractivity contribution < 1.29 is 35.8 Å². The van der Waals surface area contributed by atoms with Crippen LogP contribution in [0.5, 0.6) is 11.5 Å². The highest BCUT2D eigenvalue weighted by Crippen LogP contribution is 2.26. The number of hydrogen-bond donors (Lipinski definition) is 0. The Labute approximate surface area is 134 Å². The van der Waals surface area contributed by atoms with Crippen LogP contribution in [-0.2, 0) is 0 Å². The summed E-state index contributed by atoms with van der Waals surface area (Å²) in [4.78, 5) is 0. The van der Waals surface area contributed by atoms with Crippen molar-refractivity contribution in [3.05, 3.63) is 59.7 Å². The van der Waals surface area contributed by atoms with Gasteiger partial charge in [-0.05, 0) is 37.1 Å². The van der Waals surface area contributed by atoms with Crippen molar-refractivity contribution >= 4 is 0 Å². The molecular weight excluding hydrogens is 338 g/mol. The van der Waals surface area contributed by atoms with Gasteiger partial charge in [0.25, 0.3) is 0 Å². The molecule has 0 heterocycles. The van der Waals surface area contributed by atoms with Crippen LogP contribution in [0.25, 0.3) is 0 Å². The Balaban J connectivity index is 0.000000240. The highest BCUT2D eigenvalue weighted by molar-refractivity contribution is 5.32. The maximum atomic E-state index is 11.7. The van der Waals surface area contributed by atoms with Gasteiger partial charge in [0.2, 0.25) is 0 Å². The van der Waals surface area contributed by atoms with Crippen molar-refractivity contribution in [2.45, 2.75) is 26.6 Å². The van der Waals surface area contributed by atoms with E-state index in [-0.39, 0.29) is 11.5 Å². The van der Waals surface area contributed by atoms with E-state index in [1.54, 1.807) is 38.1 Å². The Morgan fingerprint density at radius 2 is 0.875 bits per heavy atom. The number of para-hydroxylation sites is 2. The fourth-order valence-corrected chi connectivity index (χ4v) is 1.59. The lowest BCUT2D eigenvalue weighted by Crippen LogP contribution is -2.17. The van der Waals surface area contributed by atoms with Crippen LogP contribution in [0.4, 0.5) is 26.3 Å². The van der Waals surface area contributed by atoms with Gasteiger partial charge in [0.1, 0.15) is 11.5 Å². The van der Waals surface area contributed by atoms with Gasteiger partial charge in [0.15, 0.2) is 0 Å². The van der Waals surface area contributed by atoms with E-state index in [0.29, 0.717) is 11.1 Å². The van der Waals surface area contributed by atoms with Gasteiger partial charge in [-0.1, -0.05) is 36.4 Å². The van der Waals surface area contributed by atoms with Crippen molar-refractivity contribution in [3.63, 3.8) is 0 Å². The maximum Gasteiger partial charge on any atom is 0.573 e. The predicted octanol–water partition coefficient (Wildman–Crippen LogP) is 5.79. The molecule has 0 fully saturated rings. The second-order valence-corrected chi connectivity index (χ2v) is 4.63. The van der Waals surface area contributed by atoms with E-state index in [2.05, 4.69) is 9.47 Å². The summed E-state index contributed by atoms with van der Waals surface area (Å²) >= 11 is 0. The third kappa shape index (κ3) is 7.75. The molecule has 0 N–H and O–H groups in total. The van der Waals surface area contributed by atoms with Crippen molar-refractivity contribution in [2.75, 3.05) is 0 Å². The molecule has 0 bridgehead atoms. The molecule has 2 nitrogen and oxygen atoms in total. The number of rotatable bonds is 2. The summed E-state index contributed by atoms with van der Waals surface area (Å²) < 4.78 is 77.7. The smallest absolute Gasteiger partial charge is 0.406 e. The summed E-state index contributed by atoms with van der Waals surface area (Å²) in [6.45, 7) is 3.11. The molecule has 24 heavy (non-hydrogen) atoms. The third-order valence-corrected chi connectivity index (χ3v) is 2.64. The van der Waals surface area contributed by atoms with Crippen molar-refractivity contribution in [2.24, 2.45) is 0 Å². The first-order valence-electron chi connectivity index (χ1n) is 6.61. The molecule has 0 saturated carbocycles. The molecule has 2 aromatic rings. The first kappa shape index (κ1) is 19.7. The van der Waals surface area contributed by atoms with E-state index in [0.717, 1.165) is 0 Å². The van der Waals surface area contributed by atoms with Gasteiger partial charge in [-0.25, -0.2) is 0 Å². The van der Waals surface area contributed by atoms with Gasteiger partial charge in [0, 0.05) is 0 Å². The van der Waals surface area contributed by atoms with E-state index in [4.69, 9.17) is 0 Å². The van der Waals surface area contributed by atoms with E-state index in [9.17, 15) is 26.3 Å². The van der Waals surface area contributed by atoms with Crippen LogP contribution in [0.15, 0.2) is 48.5 Å². The fraction of sp³-hybridized carbons (Fsp3) is 0.250. The summed E-state index contributed by atoms with van der Waals surface area (Å²) in [5, 5.41) is 0. The van der Waals surface area contributed by atoms with Crippen LogP contribution in [0, 0.1) is 13.8 Å². The van der Waals surface area contributed by atoms with E-state index in [1.165, 1.54) is 24.3 Å². The Morgan fingerprint density at radius 1 is 0.583 bits per heavy atom. The molecule has 0 aliphatic carbocycles. The Morgan fingerprint density at radius 3 is 1.12 bits per heavy atom. The largest absolute Gasteiger partial charge is 0.573 e. The minimum Gasteiger partial charge on any atom is -0.406 e. The zero-order valence-corrected chi connectivity index (χ0v) is 12.7. The van der Waals surface area contributed by atoms with E-state index >= 15 is 0 Å². The molecule has 0 spiro atoms. The fourth-order valence-electron chi connectivity index (χ4n) is 1.59. The minimum atomic E-state index is -4.61. The second kappa shape index (κ2) is 7.94. The van der Waals surface area contributed by atoms with Crippen LogP contribution in [-0.4, -0.2) is 12.7 Å². The Hall–Kier alpha value is -2.38. The summed E-state index contributed by atoms with van der Waals surface area (Å²) in [5.41, 5.74) is 0.935. The summed E-state index contributed by atoms with van der Waals surface area (Å²) in [5.74, 6) is -0.296. The van der Waals surface area contributed by atoms with Gasteiger partial charge >= 0.3 is 12.7 Å². The van der Waals surface area contributed by atoms with Crippen LogP contribution in [0.3, 0.4) is 0 Å². The van der Waals surface area contributed by atoms with Crippen molar-refractivity contribution in [1.82, 2.24) is 0 Å². The molecular formula is C16H14F6O2. The topological polar surface area (TPSA) is 18.5 Å². The molecule has 0 aliphatic rings. The van der Waals surface area contributed by atoms with Crippen LogP contribution in [0.2, 0.25) is 0 Å². The van der Waals surface area contributed by atoms with Crippen LogP contribution >= 0.6 is 0 Å². The monoisotopic (exact) mass is 352 g/mol. The maximum absolute atomic E-state index is 11.7. The van der Waals surface area contributed by atoms with E-state index < -0.39 is 12.7 Å². The van der Waals surface area contributed by atoms with Gasteiger partial charge in [-0.2, -0.15) is 0 Å². The first-order valence-corrected chi connectivity index (χ1v) is 6.61. The molecule has 2 aromatic carbocycles. The highest BCUT2D eigenvalue weighted by Gasteiger charge is 2.32. The molecule has 0 atom stereocenters. The zero-order chi connectivity index (χ0) is 18.4. The SMILES string of the molecule is Cc1ccccc1OC(F)(F)F.Cc1ccccc1OC(F)(F)F. The van der Waals surface area contributed by atoms with E-state index in [1.807, 2.05) is 0 Å². The summed E-state index contributed by atoms with van der Waals surface area (Å²) in [6, 6.07) is 12.0. The number of ether oxygens (including phenoxy) is 2.